The second-order valence-corrected chi connectivity index (χ2v) is 9.03. The third kappa shape index (κ3) is 7.17. The fraction of sp³-hybridized carbons (Fsp3) is 0.185. The summed E-state index contributed by atoms with van der Waals surface area (Å²) in [6, 6.07) is 20.5. The normalized spacial score (nSPS) is 11.2. The van der Waals surface area contributed by atoms with Crippen molar-refractivity contribution in [2.75, 3.05) is 17.7 Å². The number of carbonyl (C=O) groups excluding carboxylic acids is 2. The molecule has 8 nitrogen and oxygen atoms in total. The van der Waals surface area contributed by atoms with Crippen LogP contribution in [0.15, 0.2) is 84.0 Å². The highest BCUT2D eigenvalue weighted by Gasteiger charge is 2.34. The zero-order valence-corrected chi connectivity index (χ0v) is 21.6. The average molecular weight is 556 g/mol. The Bertz CT molecular complexity index is 1430. The summed E-state index contributed by atoms with van der Waals surface area (Å²) in [7, 11) is 0. The number of amides is 2. The van der Waals surface area contributed by atoms with Gasteiger partial charge in [0.1, 0.15) is 5.75 Å². The first-order chi connectivity index (χ1) is 18.8. The number of anilines is 1. The van der Waals surface area contributed by atoms with E-state index in [4.69, 9.17) is 4.74 Å². The lowest BCUT2D eigenvalue weighted by molar-refractivity contribution is -0.138. The molecule has 1 aromatic heterocycles. The van der Waals surface area contributed by atoms with Gasteiger partial charge in [0.2, 0.25) is 5.91 Å². The number of thioether (sulfide) groups is 1. The minimum absolute atomic E-state index is 0.0174. The highest BCUT2D eigenvalue weighted by atomic mass is 32.2. The lowest BCUT2D eigenvalue weighted by Gasteiger charge is -2.13. The van der Waals surface area contributed by atoms with Crippen molar-refractivity contribution in [1.82, 2.24) is 20.1 Å². The molecule has 0 spiro atoms. The maximum Gasteiger partial charge on any atom is 0.417 e. The summed E-state index contributed by atoms with van der Waals surface area (Å²) >= 11 is 1.13. The average Bonchev–Trinajstić information content (AvgIpc) is 3.34. The van der Waals surface area contributed by atoms with Crippen LogP contribution in [0.1, 0.15) is 28.7 Å². The van der Waals surface area contributed by atoms with Gasteiger partial charge in [0, 0.05) is 11.4 Å². The van der Waals surface area contributed by atoms with Crippen molar-refractivity contribution in [3.63, 3.8) is 0 Å². The summed E-state index contributed by atoms with van der Waals surface area (Å²) in [6.45, 7) is 2.23. The predicted octanol–water partition coefficient (Wildman–Crippen LogP) is 5.35. The molecule has 4 rings (SSSR count). The Morgan fingerprint density at radius 2 is 1.64 bits per heavy atom. The number of hydrogen-bond acceptors (Lipinski definition) is 6. The summed E-state index contributed by atoms with van der Waals surface area (Å²) in [6.07, 6.45) is -4.67. The van der Waals surface area contributed by atoms with Gasteiger partial charge in [0.25, 0.3) is 5.91 Å². The number of benzene rings is 3. The van der Waals surface area contributed by atoms with Crippen LogP contribution in [0.5, 0.6) is 5.75 Å². The molecule has 0 saturated heterocycles. The van der Waals surface area contributed by atoms with Crippen molar-refractivity contribution < 1.29 is 27.5 Å². The lowest BCUT2D eigenvalue weighted by atomic mass is 10.1. The minimum atomic E-state index is -4.67. The van der Waals surface area contributed by atoms with Gasteiger partial charge < -0.3 is 15.4 Å². The Morgan fingerprint density at radius 1 is 0.949 bits per heavy atom. The Hall–Kier alpha value is -4.32. The minimum Gasteiger partial charge on any atom is -0.494 e. The van der Waals surface area contributed by atoms with Crippen molar-refractivity contribution in [2.24, 2.45) is 0 Å². The molecule has 0 radical (unpaired) electrons. The number of alkyl halides is 3. The van der Waals surface area contributed by atoms with Crippen molar-refractivity contribution >= 4 is 29.3 Å². The van der Waals surface area contributed by atoms with Crippen LogP contribution in [0.25, 0.3) is 5.69 Å². The zero-order chi connectivity index (χ0) is 27.8. The molecule has 3 aromatic carbocycles. The molecule has 2 N–H and O–H groups in total. The number of aromatic nitrogens is 3. The van der Waals surface area contributed by atoms with Crippen LogP contribution in [0.2, 0.25) is 0 Å². The molecule has 4 aromatic rings. The van der Waals surface area contributed by atoms with Gasteiger partial charge in [-0.15, -0.1) is 10.2 Å². The van der Waals surface area contributed by atoms with Gasteiger partial charge in [-0.3, -0.25) is 14.2 Å². The van der Waals surface area contributed by atoms with Crippen molar-refractivity contribution in [3.05, 3.63) is 95.8 Å². The van der Waals surface area contributed by atoms with Gasteiger partial charge in [-0.05, 0) is 55.5 Å². The third-order valence-electron chi connectivity index (χ3n) is 5.38. The molecule has 12 heteroatoms. The van der Waals surface area contributed by atoms with Crippen LogP contribution in [-0.2, 0) is 17.5 Å². The van der Waals surface area contributed by atoms with E-state index in [1.165, 1.54) is 12.1 Å². The number of rotatable bonds is 10. The van der Waals surface area contributed by atoms with E-state index in [0.29, 0.717) is 28.9 Å². The van der Waals surface area contributed by atoms with E-state index in [1.54, 1.807) is 53.1 Å². The van der Waals surface area contributed by atoms with Crippen molar-refractivity contribution in [2.45, 2.75) is 24.8 Å². The van der Waals surface area contributed by atoms with E-state index < -0.39 is 23.2 Å². The fourth-order valence-electron chi connectivity index (χ4n) is 3.66. The summed E-state index contributed by atoms with van der Waals surface area (Å²) in [5.41, 5.74) is -0.244. The summed E-state index contributed by atoms with van der Waals surface area (Å²) in [5.74, 6) is -0.167. The Balaban J connectivity index is 1.47. The summed E-state index contributed by atoms with van der Waals surface area (Å²) in [4.78, 5) is 25.2. The van der Waals surface area contributed by atoms with Gasteiger partial charge in [0.05, 0.1) is 30.0 Å². The first-order valence-electron chi connectivity index (χ1n) is 11.9. The maximum atomic E-state index is 13.3. The predicted molar refractivity (Wildman–Crippen MR) is 141 cm³/mol. The molecule has 202 valence electrons. The second kappa shape index (κ2) is 12.5. The van der Waals surface area contributed by atoms with Crippen LogP contribution in [0.4, 0.5) is 18.9 Å². The summed E-state index contributed by atoms with van der Waals surface area (Å²) < 4.78 is 47.1. The van der Waals surface area contributed by atoms with Crippen molar-refractivity contribution in [1.29, 1.82) is 0 Å². The molecule has 2 amide bonds. The molecule has 0 aliphatic heterocycles. The second-order valence-electron chi connectivity index (χ2n) is 8.09. The number of halogens is 3. The molecular formula is C27H24F3N5O3S. The number of nitrogens with one attached hydrogen (secondary N) is 2. The largest absolute Gasteiger partial charge is 0.494 e. The summed E-state index contributed by atoms with van der Waals surface area (Å²) in [5, 5.41) is 14.0. The lowest BCUT2D eigenvalue weighted by Crippen LogP contribution is -2.27. The first kappa shape index (κ1) is 27.7. The molecule has 0 bridgehead atoms. The molecule has 0 atom stereocenters. The Kier molecular flexibility index (Phi) is 8.87. The number of ether oxygens (including phenoxy) is 1. The van der Waals surface area contributed by atoms with Gasteiger partial charge in [-0.2, -0.15) is 13.2 Å². The Labute approximate surface area is 226 Å². The van der Waals surface area contributed by atoms with E-state index in [2.05, 4.69) is 20.8 Å². The number of hydrogen-bond donors (Lipinski definition) is 2. The van der Waals surface area contributed by atoms with E-state index in [1.807, 2.05) is 13.0 Å². The number of para-hydroxylation sites is 1. The molecule has 0 saturated carbocycles. The standard InChI is InChI=1S/C27H24F3N5O3S/c1-2-38-20-14-12-18(13-15-20)32-24(36)17-39-26-34-33-23(35(26)19-8-4-3-5-9-19)16-31-25(37)21-10-6-7-11-22(21)27(28,29)30/h3-15H,2,16-17H2,1H3,(H,31,37)(H,32,36). The topological polar surface area (TPSA) is 98.1 Å². The van der Waals surface area contributed by atoms with Crippen LogP contribution in [0, 0.1) is 0 Å². The van der Waals surface area contributed by atoms with Crippen LogP contribution in [0.3, 0.4) is 0 Å². The van der Waals surface area contributed by atoms with E-state index in [-0.39, 0.29) is 24.0 Å². The van der Waals surface area contributed by atoms with Crippen molar-refractivity contribution in [3.8, 4) is 11.4 Å². The zero-order valence-electron chi connectivity index (χ0n) is 20.7. The van der Waals surface area contributed by atoms with E-state index >= 15 is 0 Å². The molecule has 39 heavy (non-hydrogen) atoms. The van der Waals surface area contributed by atoms with Gasteiger partial charge >= 0.3 is 6.18 Å². The third-order valence-corrected chi connectivity index (χ3v) is 6.31. The number of carbonyl (C=O) groups is 2. The van der Waals surface area contributed by atoms with Crippen LogP contribution in [-0.4, -0.2) is 38.9 Å². The SMILES string of the molecule is CCOc1ccc(NC(=O)CSc2nnc(CNC(=O)c3ccccc3C(F)(F)F)n2-c2ccccc2)cc1. The van der Waals surface area contributed by atoms with Gasteiger partial charge in [-0.1, -0.05) is 42.1 Å². The molecule has 0 aliphatic rings. The molecule has 1 heterocycles. The number of nitrogens with zero attached hydrogens (tertiary/aromatic N) is 3. The first-order valence-corrected chi connectivity index (χ1v) is 12.8. The smallest absolute Gasteiger partial charge is 0.417 e. The highest BCUT2D eigenvalue weighted by molar-refractivity contribution is 7.99. The Morgan fingerprint density at radius 3 is 2.33 bits per heavy atom. The van der Waals surface area contributed by atoms with Gasteiger partial charge in [0.15, 0.2) is 11.0 Å². The quantitative estimate of drug-likeness (QED) is 0.256. The molecule has 0 fully saturated rings. The van der Waals surface area contributed by atoms with Gasteiger partial charge in [-0.25, -0.2) is 0 Å². The monoisotopic (exact) mass is 555 g/mol. The van der Waals surface area contributed by atoms with Crippen LogP contribution >= 0.6 is 11.8 Å². The molecular weight excluding hydrogens is 531 g/mol. The van der Waals surface area contributed by atoms with E-state index in [9.17, 15) is 22.8 Å². The van der Waals surface area contributed by atoms with E-state index in [0.717, 1.165) is 23.9 Å². The highest BCUT2D eigenvalue weighted by Crippen LogP contribution is 2.32. The fourth-order valence-corrected chi connectivity index (χ4v) is 4.43. The molecule has 0 aliphatic carbocycles. The maximum absolute atomic E-state index is 13.3. The van der Waals surface area contributed by atoms with Crippen LogP contribution < -0.4 is 15.4 Å². The molecule has 0 unspecified atom stereocenters.